The Morgan fingerprint density at radius 1 is 0.935 bits per heavy atom. The van der Waals surface area contributed by atoms with E-state index in [1.807, 2.05) is 11.0 Å². The zero-order valence-corrected chi connectivity index (χ0v) is 17.6. The van der Waals surface area contributed by atoms with Crippen molar-refractivity contribution >= 4 is 27.5 Å². The Morgan fingerprint density at radius 2 is 1.77 bits per heavy atom. The molecule has 31 heavy (non-hydrogen) atoms. The summed E-state index contributed by atoms with van der Waals surface area (Å²) in [6, 6.07) is 19.7. The SMILES string of the molecule is O=C(c1occc1C1CCc2c(ccc3c2ccc2ccccc23)C1)N1CCNCC1. The molecule has 1 aliphatic heterocycles. The Balaban J connectivity index is 1.33. The van der Waals surface area contributed by atoms with Crippen LogP contribution < -0.4 is 5.32 Å². The minimum atomic E-state index is 0.0391. The third-order valence-corrected chi connectivity index (χ3v) is 7.08. The van der Waals surface area contributed by atoms with Crippen molar-refractivity contribution in [1.82, 2.24) is 10.2 Å². The van der Waals surface area contributed by atoms with Gasteiger partial charge in [0.25, 0.3) is 5.91 Å². The summed E-state index contributed by atoms with van der Waals surface area (Å²) in [7, 11) is 0. The smallest absolute Gasteiger partial charge is 0.289 e. The summed E-state index contributed by atoms with van der Waals surface area (Å²) in [6.07, 6.45) is 4.72. The second kappa shape index (κ2) is 7.54. The van der Waals surface area contributed by atoms with Gasteiger partial charge in [-0.15, -0.1) is 0 Å². The summed E-state index contributed by atoms with van der Waals surface area (Å²) in [5, 5.41) is 8.63. The lowest BCUT2D eigenvalue weighted by molar-refractivity contribution is 0.0701. The first-order chi connectivity index (χ1) is 15.3. The Hall–Kier alpha value is -3.11. The average molecular weight is 411 g/mol. The number of furan rings is 1. The molecule has 0 bridgehead atoms. The van der Waals surface area contributed by atoms with Gasteiger partial charge in [0, 0.05) is 31.7 Å². The Kier molecular flexibility index (Phi) is 4.53. The Bertz CT molecular complexity index is 1280. The van der Waals surface area contributed by atoms with Gasteiger partial charge in [0.1, 0.15) is 0 Å². The van der Waals surface area contributed by atoms with Crippen LogP contribution in [0, 0.1) is 0 Å². The molecule has 1 unspecified atom stereocenters. The van der Waals surface area contributed by atoms with Crippen molar-refractivity contribution in [2.24, 2.45) is 0 Å². The molecule has 0 spiro atoms. The van der Waals surface area contributed by atoms with Crippen molar-refractivity contribution in [3.05, 3.63) is 83.3 Å². The number of benzene rings is 3. The van der Waals surface area contributed by atoms with E-state index in [9.17, 15) is 4.79 Å². The highest BCUT2D eigenvalue weighted by atomic mass is 16.3. The monoisotopic (exact) mass is 410 g/mol. The number of aryl methyl sites for hydroxylation is 1. The van der Waals surface area contributed by atoms with E-state index in [2.05, 4.69) is 53.8 Å². The Labute approximate surface area is 181 Å². The molecule has 2 aliphatic rings. The van der Waals surface area contributed by atoms with E-state index in [0.29, 0.717) is 11.7 Å². The van der Waals surface area contributed by atoms with Gasteiger partial charge in [0.05, 0.1) is 6.26 Å². The summed E-state index contributed by atoms with van der Waals surface area (Å²) in [5.41, 5.74) is 3.95. The van der Waals surface area contributed by atoms with Gasteiger partial charge >= 0.3 is 0 Å². The largest absolute Gasteiger partial charge is 0.459 e. The summed E-state index contributed by atoms with van der Waals surface area (Å²) in [4.78, 5) is 15.0. The minimum absolute atomic E-state index is 0.0391. The van der Waals surface area contributed by atoms with Gasteiger partial charge < -0.3 is 14.6 Å². The lowest BCUT2D eigenvalue weighted by Crippen LogP contribution is -2.46. The number of rotatable bonds is 2. The Morgan fingerprint density at radius 3 is 2.68 bits per heavy atom. The maximum Gasteiger partial charge on any atom is 0.289 e. The molecule has 1 aromatic heterocycles. The summed E-state index contributed by atoms with van der Waals surface area (Å²) in [5.74, 6) is 0.908. The molecule has 1 N–H and O–H groups in total. The van der Waals surface area contributed by atoms with Gasteiger partial charge in [0.2, 0.25) is 0 Å². The van der Waals surface area contributed by atoms with Gasteiger partial charge in [-0.25, -0.2) is 0 Å². The third-order valence-electron chi connectivity index (χ3n) is 7.08. The molecule has 4 heteroatoms. The first kappa shape index (κ1) is 18.6. The fraction of sp³-hybridized carbons (Fsp3) is 0.296. The molecule has 1 amide bonds. The van der Waals surface area contributed by atoms with Crippen molar-refractivity contribution in [3.63, 3.8) is 0 Å². The summed E-state index contributed by atoms with van der Waals surface area (Å²) >= 11 is 0. The van der Waals surface area contributed by atoms with E-state index in [4.69, 9.17) is 4.42 Å². The molecule has 1 aliphatic carbocycles. The van der Waals surface area contributed by atoms with Crippen molar-refractivity contribution in [2.45, 2.75) is 25.2 Å². The predicted molar refractivity (Wildman–Crippen MR) is 124 cm³/mol. The van der Waals surface area contributed by atoms with Crippen LogP contribution in [-0.4, -0.2) is 37.0 Å². The quantitative estimate of drug-likeness (QED) is 0.478. The van der Waals surface area contributed by atoms with Crippen LogP contribution in [0.15, 0.2) is 65.3 Å². The van der Waals surface area contributed by atoms with Crippen molar-refractivity contribution in [2.75, 3.05) is 26.2 Å². The fourth-order valence-corrected chi connectivity index (χ4v) is 5.46. The van der Waals surface area contributed by atoms with Crippen LogP contribution in [0.4, 0.5) is 0 Å². The maximum absolute atomic E-state index is 13.1. The van der Waals surface area contributed by atoms with Gasteiger partial charge in [-0.05, 0) is 63.9 Å². The number of carbonyl (C=O) groups excluding carboxylic acids is 1. The number of amides is 1. The number of hydrogen-bond donors (Lipinski definition) is 1. The van der Waals surface area contributed by atoms with Gasteiger partial charge in [-0.1, -0.05) is 48.5 Å². The first-order valence-corrected chi connectivity index (χ1v) is 11.3. The van der Waals surface area contributed by atoms with Crippen LogP contribution in [0.2, 0.25) is 0 Å². The summed E-state index contributed by atoms with van der Waals surface area (Å²) in [6.45, 7) is 3.18. The number of piperazine rings is 1. The highest BCUT2D eigenvalue weighted by Gasteiger charge is 2.30. The molecule has 6 rings (SSSR count). The molecule has 4 aromatic rings. The van der Waals surface area contributed by atoms with Crippen LogP contribution in [0.1, 0.15) is 39.6 Å². The predicted octanol–water partition coefficient (Wildman–Crippen LogP) is 4.90. The number of carbonyl (C=O) groups is 1. The molecule has 3 aromatic carbocycles. The van der Waals surface area contributed by atoms with Gasteiger partial charge in [-0.3, -0.25) is 4.79 Å². The lowest BCUT2D eigenvalue weighted by Gasteiger charge is -2.29. The number of hydrogen-bond acceptors (Lipinski definition) is 3. The molecule has 1 fully saturated rings. The van der Waals surface area contributed by atoms with Gasteiger partial charge in [-0.2, -0.15) is 0 Å². The minimum Gasteiger partial charge on any atom is -0.459 e. The first-order valence-electron chi connectivity index (χ1n) is 11.3. The zero-order valence-electron chi connectivity index (χ0n) is 17.6. The molecular weight excluding hydrogens is 384 g/mol. The summed E-state index contributed by atoms with van der Waals surface area (Å²) < 4.78 is 5.73. The highest BCUT2D eigenvalue weighted by Crippen LogP contribution is 2.39. The van der Waals surface area contributed by atoms with Crippen molar-refractivity contribution < 1.29 is 9.21 Å². The third kappa shape index (κ3) is 3.14. The molecule has 4 nitrogen and oxygen atoms in total. The molecule has 1 atom stereocenters. The molecular formula is C27H26N2O2. The topological polar surface area (TPSA) is 45.5 Å². The fourth-order valence-electron chi connectivity index (χ4n) is 5.46. The van der Waals surface area contributed by atoms with Crippen LogP contribution >= 0.6 is 0 Å². The molecule has 0 saturated carbocycles. The molecule has 1 saturated heterocycles. The number of nitrogens with zero attached hydrogens (tertiary/aromatic N) is 1. The normalized spacial score (nSPS) is 19.0. The van der Waals surface area contributed by atoms with E-state index in [1.165, 1.54) is 32.7 Å². The zero-order chi connectivity index (χ0) is 20.8. The standard InChI is InChI=1S/C27H26N2O2/c30-27(29-14-12-28-13-15-29)26-23(11-16-31-26)20-6-8-22-19(17-20)7-10-24-21-4-2-1-3-18(21)5-9-25(22)24/h1-5,7,9-11,16,20,28H,6,8,12-15,17H2. The molecule has 0 radical (unpaired) electrons. The molecule has 156 valence electrons. The number of fused-ring (bicyclic) bond motifs is 5. The van der Waals surface area contributed by atoms with Crippen molar-refractivity contribution in [1.29, 1.82) is 0 Å². The number of nitrogens with one attached hydrogen (secondary N) is 1. The van der Waals surface area contributed by atoms with E-state index >= 15 is 0 Å². The second-order valence-corrected chi connectivity index (χ2v) is 8.77. The van der Waals surface area contributed by atoms with E-state index in [-0.39, 0.29) is 5.91 Å². The highest BCUT2D eigenvalue weighted by molar-refractivity contribution is 6.08. The molecule has 2 heterocycles. The van der Waals surface area contributed by atoms with Crippen LogP contribution in [-0.2, 0) is 12.8 Å². The maximum atomic E-state index is 13.1. The van der Waals surface area contributed by atoms with E-state index in [1.54, 1.807) is 6.26 Å². The van der Waals surface area contributed by atoms with Gasteiger partial charge in [0.15, 0.2) is 5.76 Å². The lowest BCUT2D eigenvalue weighted by atomic mass is 9.78. The van der Waals surface area contributed by atoms with Crippen molar-refractivity contribution in [3.8, 4) is 0 Å². The van der Waals surface area contributed by atoms with E-state index < -0.39 is 0 Å². The van der Waals surface area contributed by atoms with Crippen LogP contribution in [0.3, 0.4) is 0 Å². The van der Waals surface area contributed by atoms with Crippen LogP contribution in [0.25, 0.3) is 21.5 Å². The van der Waals surface area contributed by atoms with E-state index in [0.717, 1.165) is 51.0 Å². The van der Waals surface area contributed by atoms with Crippen LogP contribution in [0.5, 0.6) is 0 Å². The average Bonchev–Trinajstić information content (AvgIpc) is 3.33. The second-order valence-electron chi connectivity index (χ2n) is 8.77.